The summed E-state index contributed by atoms with van der Waals surface area (Å²) < 4.78 is 0. The van der Waals surface area contributed by atoms with Gasteiger partial charge in [-0.05, 0) is 78.9 Å². The third-order valence-corrected chi connectivity index (χ3v) is 12.6. The molecule has 2 heteroatoms. The van der Waals surface area contributed by atoms with Gasteiger partial charge in [0, 0.05) is 9.65 Å². The van der Waals surface area contributed by atoms with E-state index < -0.39 is 0 Å². The maximum Gasteiger partial charge on any atom is 0.0333 e. The minimum absolute atomic E-state index is 0.516. The zero-order chi connectivity index (χ0) is 16.4. The van der Waals surface area contributed by atoms with Crippen LogP contribution in [-0.4, -0.2) is 9.65 Å². The third kappa shape index (κ3) is 2.25. The van der Waals surface area contributed by atoms with Crippen LogP contribution in [0.25, 0.3) is 0 Å². The Bertz CT molecular complexity index is 463. The second-order valence-electron chi connectivity index (χ2n) is 9.72. The van der Waals surface area contributed by atoms with Gasteiger partial charge in [0.15, 0.2) is 0 Å². The molecule has 4 aliphatic carbocycles. The molecular formula is C21H34Br2. The van der Waals surface area contributed by atoms with Gasteiger partial charge in [0.1, 0.15) is 0 Å². The van der Waals surface area contributed by atoms with E-state index in [9.17, 15) is 0 Å². The molecule has 0 nitrogen and oxygen atoms in total. The summed E-state index contributed by atoms with van der Waals surface area (Å²) in [7, 11) is 0. The summed E-state index contributed by atoms with van der Waals surface area (Å²) in [5.41, 5.74) is 1.12. The summed E-state index contributed by atoms with van der Waals surface area (Å²) in [6.07, 6.45) is 13.3. The predicted octanol–water partition coefficient (Wildman–Crippen LogP) is 7.19. The van der Waals surface area contributed by atoms with E-state index in [0.717, 1.165) is 29.6 Å². The Morgan fingerprint density at radius 3 is 2.48 bits per heavy atom. The Labute approximate surface area is 160 Å². The van der Waals surface area contributed by atoms with Gasteiger partial charge in [-0.3, -0.25) is 0 Å². The lowest BCUT2D eigenvalue weighted by molar-refractivity contribution is -0.101. The fourth-order valence-corrected chi connectivity index (χ4v) is 10.6. The number of alkyl halides is 2. The minimum atomic E-state index is 0.516. The fraction of sp³-hybridized carbons (Fsp3) is 1.00. The first kappa shape index (κ1) is 17.4. The van der Waals surface area contributed by atoms with E-state index in [-0.39, 0.29) is 0 Å². The van der Waals surface area contributed by atoms with Gasteiger partial charge >= 0.3 is 0 Å². The smallest absolute Gasteiger partial charge is 0.0333 e. The molecule has 9 atom stereocenters. The average Bonchev–Trinajstić information content (AvgIpc) is 2.89. The zero-order valence-corrected chi connectivity index (χ0v) is 18.3. The van der Waals surface area contributed by atoms with E-state index in [1.807, 2.05) is 0 Å². The molecule has 23 heavy (non-hydrogen) atoms. The van der Waals surface area contributed by atoms with Crippen molar-refractivity contribution in [3.63, 3.8) is 0 Å². The summed E-state index contributed by atoms with van der Waals surface area (Å²) in [5.74, 6) is 4.78. The van der Waals surface area contributed by atoms with Crippen molar-refractivity contribution in [1.29, 1.82) is 0 Å². The fourth-order valence-electron chi connectivity index (χ4n) is 8.04. The molecule has 0 unspecified atom stereocenters. The Hall–Kier alpha value is 0.960. The van der Waals surface area contributed by atoms with Crippen molar-refractivity contribution in [2.75, 3.05) is 0 Å². The summed E-state index contributed by atoms with van der Waals surface area (Å²) in [6, 6.07) is 0. The van der Waals surface area contributed by atoms with Gasteiger partial charge in [0.25, 0.3) is 0 Å². The molecule has 0 aromatic heterocycles. The molecule has 0 aliphatic heterocycles. The summed E-state index contributed by atoms with van der Waals surface area (Å²) in [4.78, 5) is 1.33. The van der Waals surface area contributed by atoms with Crippen LogP contribution in [0.15, 0.2) is 0 Å². The van der Waals surface area contributed by atoms with E-state index >= 15 is 0 Å². The number of hydrogen-bond acceptors (Lipinski definition) is 0. The highest BCUT2D eigenvalue weighted by Gasteiger charge is 2.65. The normalized spacial score (nSPS) is 59.1. The molecule has 4 saturated carbocycles. The SMILES string of the molecule is CC[C@@H]1CC[C@@H]2[C@@H]3CC[C@@H]4CCCC[C@]4(C)[C@@H]3[C@@H](Br)[C@H](Br)[C@]12C. The first-order chi connectivity index (χ1) is 10.9. The molecule has 0 amide bonds. The van der Waals surface area contributed by atoms with Gasteiger partial charge < -0.3 is 0 Å². The van der Waals surface area contributed by atoms with Crippen molar-refractivity contribution in [1.82, 2.24) is 0 Å². The van der Waals surface area contributed by atoms with Crippen molar-refractivity contribution in [3.8, 4) is 0 Å². The minimum Gasteiger partial charge on any atom is -0.0875 e. The molecule has 0 aromatic rings. The van der Waals surface area contributed by atoms with Crippen LogP contribution in [0.1, 0.15) is 78.6 Å². The largest absolute Gasteiger partial charge is 0.0875 e. The highest BCUT2D eigenvalue weighted by molar-refractivity contribution is 9.12. The monoisotopic (exact) mass is 444 g/mol. The van der Waals surface area contributed by atoms with Gasteiger partial charge in [-0.15, -0.1) is 0 Å². The van der Waals surface area contributed by atoms with Crippen LogP contribution < -0.4 is 0 Å². The third-order valence-electron chi connectivity index (χ3n) is 9.25. The van der Waals surface area contributed by atoms with Gasteiger partial charge in [0.2, 0.25) is 0 Å². The molecule has 4 aliphatic rings. The molecular weight excluding hydrogens is 412 g/mol. The molecule has 0 N–H and O–H groups in total. The van der Waals surface area contributed by atoms with Crippen LogP contribution in [0, 0.1) is 40.4 Å². The lowest BCUT2D eigenvalue weighted by Crippen LogP contribution is -2.61. The van der Waals surface area contributed by atoms with Gasteiger partial charge in [-0.2, -0.15) is 0 Å². The van der Waals surface area contributed by atoms with Gasteiger partial charge in [-0.25, -0.2) is 0 Å². The van der Waals surface area contributed by atoms with E-state index in [0.29, 0.717) is 20.5 Å². The molecule has 0 bridgehead atoms. The van der Waals surface area contributed by atoms with Crippen LogP contribution in [-0.2, 0) is 0 Å². The highest BCUT2D eigenvalue weighted by Crippen LogP contribution is 2.70. The van der Waals surface area contributed by atoms with Crippen molar-refractivity contribution < 1.29 is 0 Å². The molecule has 0 spiro atoms. The average molecular weight is 446 g/mol. The van der Waals surface area contributed by atoms with Crippen molar-refractivity contribution >= 4 is 31.9 Å². The zero-order valence-electron chi connectivity index (χ0n) is 15.2. The second-order valence-corrected chi connectivity index (χ2v) is 11.8. The summed E-state index contributed by atoms with van der Waals surface area (Å²) in [6.45, 7) is 7.74. The van der Waals surface area contributed by atoms with Gasteiger partial charge in [-0.1, -0.05) is 71.9 Å². The van der Waals surface area contributed by atoms with Crippen LogP contribution in [0.3, 0.4) is 0 Å². The topological polar surface area (TPSA) is 0 Å². The molecule has 132 valence electrons. The number of fused-ring (bicyclic) bond motifs is 5. The molecule has 0 heterocycles. The van der Waals surface area contributed by atoms with Crippen molar-refractivity contribution in [3.05, 3.63) is 0 Å². The molecule has 0 radical (unpaired) electrons. The maximum absolute atomic E-state index is 4.27. The van der Waals surface area contributed by atoms with E-state index in [4.69, 9.17) is 0 Å². The molecule has 0 aromatic carbocycles. The number of hydrogen-bond donors (Lipinski definition) is 0. The highest BCUT2D eigenvalue weighted by atomic mass is 79.9. The van der Waals surface area contributed by atoms with E-state index in [2.05, 4.69) is 52.6 Å². The Morgan fingerprint density at radius 1 is 0.957 bits per heavy atom. The lowest BCUT2D eigenvalue weighted by Gasteiger charge is -2.63. The maximum atomic E-state index is 4.27. The van der Waals surface area contributed by atoms with Crippen LogP contribution in [0.4, 0.5) is 0 Å². The van der Waals surface area contributed by atoms with Crippen LogP contribution in [0.5, 0.6) is 0 Å². The first-order valence-electron chi connectivity index (χ1n) is 10.2. The van der Waals surface area contributed by atoms with E-state index in [1.165, 1.54) is 57.8 Å². The number of halogens is 2. The second kappa shape index (κ2) is 6.00. The van der Waals surface area contributed by atoms with Crippen LogP contribution in [0.2, 0.25) is 0 Å². The Morgan fingerprint density at radius 2 is 1.74 bits per heavy atom. The van der Waals surface area contributed by atoms with E-state index in [1.54, 1.807) is 0 Å². The number of rotatable bonds is 1. The van der Waals surface area contributed by atoms with Crippen molar-refractivity contribution in [2.24, 2.45) is 40.4 Å². The lowest BCUT2D eigenvalue weighted by atomic mass is 9.44. The predicted molar refractivity (Wildman–Crippen MR) is 106 cm³/mol. The standard InChI is InChI=1S/C21H34Br2/c1-4-13-9-11-16-15-10-8-14-7-5-6-12-20(14,2)17(15)18(22)19(23)21(13,16)3/h13-19H,4-12H2,1-3H3/t13-,14+,15+,16-,17+,18-,19+,20+,21-/m1/s1. The Balaban J connectivity index is 1.73. The Kier molecular flexibility index (Phi) is 4.53. The molecule has 4 rings (SSSR count). The quantitative estimate of drug-likeness (QED) is 0.374. The molecule has 4 fully saturated rings. The van der Waals surface area contributed by atoms with Crippen LogP contribution >= 0.6 is 31.9 Å². The molecule has 0 saturated heterocycles. The van der Waals surface area contributed by atoms with Gasteiger partial charge in [0.05, 0.1) is 0 Å². The summed E-state index contributed by atoms with van der Waals surface area (Å²) >= 11 is 8.53. The first-order valence-corrected chi connectivity index (χ1v) is 12.1. The summed E-state index contributed by atoms with van der Waals surface area (Å²) in [5, 5.41) is 0. The van der Waals surface area contributed by atoms with Crippen molar-refractivity contribution in [2.45, 2.75) is 88.2 Å².